The molecule has 0 unspecified atom stereocenters. The van der Waals surface area contributed by atoms with Crippen molar-refractivity contribution in [1.29, 1.82) is 0 Å². The largest absolute Gasteiger partial charge is 0.508 e. The van der Waals surface area contributed by atoms with Gasteiger partial charge in [-0.25, -0.2) is 14.4 Å². The number of rotatable bonds is 3. The Morgan fingerprint density at radius 3 is 2.73 bits per heavy atom. The Balaban J connectivity index is 1.84. The maximum absolute atomic E-state index is 13.9. The SMILES string of the molecule is Cc1ccc(F)c(-c2csc(N=Cc3ccc(O)cc3)n2)c1. The van der Waals surface area contributed by atoms with Crippen LogP contribution in [0.5, 0.6) is 5.75 Å². The molecule has 0 saturated carbocycles. The van der Waals surface area contributed by atoms with Crippen molar-refractivity contribution in [2.75, 3.05) is 0 Å². The van der Waals surface area contributed by atoms with E-state index in [0.717, 1.165) is 11.1 Å². The molecule has 0 aliphatic carbocycles. The summed E-state index contributed by atoms with van der Waals surface area (Å²) >= 11 is 1.36. The van der Waals surface area contributed by atoms with E-state index in [9.17, 15) is 9.50 Å². The Bertz CT molecular complexity index is 825. The molecule has 0 fully saturated rings. The second-order valence-electron chi connectivity index (χ2n) is 4.85. The second kappa shape index (κ2) is 6.07. The van der Waals surface area contributed by atoms with Gasteiger partial charge in [-0.05, 0) is 48.9 Å². The van der Waals surface area contributed by atoms with Gasteiger partial charge < -0.3 is 5.11 Å². The lowest BCUT2D eigenvalue weighted by atomic mass is 10.1. The molecule has 22 heavy (non-hydrogen) atoms. The van der Waals surface area contributed by atoms with Crippen molar-refractivity contribution in [2.45, 2.75) is 6.92 Å². The third-order valence-electron chi connectivity index (χ3n) is 3.11. The Kier molecular flexibility index (Phi) is 3.98. The van der Waals surface area contributed by atoms with Crippen LogP contribution < -0.4 is 0 Å². The summed E-state index contributed by atoms with van der Waals surface area (Å²) in [6.07, 6.45) is 1.66. The highest BCUT2D eigenvalue weighted by Gasteiger charge is 2.09. The second-order valence-corrected chi connectivity index (χ2v) is 5.68. The summed E-state index contributed by atoms with van der Waals surface area (Å²) in [6.45, 7) is 1.92. The minimum atomic E-state index is -0.287. The zero-order valence-electron chi connectivity index (χ0n) is 11.8. The minimum Gasteiger partial charge on any atom is -0.508 e. The molecule has 3 rings (SSSR count). The molecule has 3 aromatic rings. The molecule has 0 radical (unpaired) electrons. The molecule has 5 heteroatoms. The van der Waals surface area contributed by atoms with E-state index in [-0.39, 0.29) is 11.6 Å². The average Bonchev–Trinajstić information content (AvgIpc) is 2.98. The summed E-state index contributed by atoms with van der Waals surface area (Å²) in [5.74, 6) is -0.0754. The quantitative estimate of drug-likeness (QED) is 0.712. The maximum atomic E-state index is 13.9. The molecule has 0 aliphatic heterocycles. The maximum Gasteiger partial charge on any atom is 0.209 e. The van der Waals surface area contributed by atoms with E-state index in [4.69, 9.17) is 0 Å². The number of halogens is 1. The van der Waals surface area contributed by atoms with E-state index in [1.807, 2.05) is 6.92 Å². The summed E-state index contributed by atoms with van der Waals surface area (Å²) in [4.78, 5) is 8.63. The number of aliphatic imine (C=N–C) groups is 1. The fourth-order valence-electron chi connectivity index (χ4n) is 1.97. The number of thiazole rings is 1. The molecule has 1 N–H and O–H groups in total. The number of aryl methyl sites for hydroxylation is 1. The molecule has 0 aliphatic rings. The normalized spacial score (nSPS) is 11.2. The van der Waals surface area contributed by atoms with Gasteiger partial charge in [-0.3, -0.25) is 0 Å². The molecule has 0 spiro atoms. The highest BCUT2D eigenvalue weighted by atomic mass is 32.1. The number of phenols is 1. The number of benzene rings is 2. The van der Waals surface area contributed by atoms with Crippen molar-refractivity contribution >= 4 is 22.7 Å². The summed E-state index contributed by atoms with van der Waals surface area (Å²) < 4.78 is 13.9. The van der Waals surface area contributed by atoms with E-state index in [1.54, 1.807) is 48.0 Å². The van der Waals surface area contributed by atoms with Gasteiger partial charge in [-0.15, -0.1) is 11.3 Å². The van der Waals surface area contributed by atoms with Crippen LogP contribution in [0.25, 0.3) is 11.3 Å². The van der Waals surface area contributed by atoms with E-state index >= 15 is 0 Å². The first kappa shape index (κ1) is 14.4. The van der Waals surface area contributed by atoms with Gasteiger partial charge in [0, 0.05) is 17.2 Å². The van der Waals surface area contributed by atoms with Crippen molar-refractivity contribution in [3.8, 4) is 17.0 Å². The Morgan fingerprint density at radius 1 is 1.18 bits per heavy atom. The van der Waals surface area contributed by atoms with E-state index in [0.29, 0.717) is 16.4 Å². The number of aromatic hydroxyl groups is 1. The molecule has 2 aromatic carbocycles. The molecule has 0 atom stereocenters. The van der Waals surface area contributed by atoms with Gasteiger partial charge in [0.15, 0.2) is 0 Å². The number of hydrogen-bond acceptors (Lipinski definition) is 4. The topological polar surface area (TPSA) is 45.5 Å². The minimum absolute atomic E-state index is 0.212. The summed E-state index contributed by atoms with van der Waals surface area (Å²) in [5.41, 5.74) is 2.92. The predicted octanol–water partition coefficient (Wildman–Crippen LogP) is 4.71. The summed E-state index contributed by atoms with van der Waals surface area (Å²) in [6, 6.07) is 11.7. The third kappa shape index (κ3) is 3.20. The molecule has 110 valence electrons. The average molecular weight is 312 g/mol. The molecular weight excluding hydrogens is 299 g/mol. The van der Waals surface area contributed by atoms with Crippen molar-refractivity contribution in [1.82, 2.24) is 4.98 Å². The van der Waals surface area contributed by atoms with Gasteiger partial charge in [0.2, 0.25) is 5.13 Å². The fourth-order valence-corrected chi connectivity index (χ4v) is 2.63. The zero-order chi connectivity index (χ0) is 15.5. The van der Waals surface area contributed by atoms with Gasteiger partial charge in [0.1, 0.15) is 11.6 Å². The highest BCUT2D eigenvalue weighted by molar-refractivity contribution is 7.13. The van der Waals surface area contributed by atoms with Crippen molar-refractivity contribution in [2.24, 2.45) is 4.99 Å². The molecule has 0 saturated heterocycles. The lowest BCUT2D eigenvalue weighted by Gasteiger charge is -2.00. The Hall–Kier alpha value is -2.53. The number of nitrogens with zero attached hydrogens (tertiary/aromatic N) is 2. The first-order valence-electron chi connectivity index (χ1n) is 6.67. The first-order chi connectivity index (χ1) is 10.6. The van der Waals surface area contributed by atoms with Gasteiger partial charge in [-0.1, -0.05) is 11.6 Å². The smallest absolute Gasteiger partial charge is 0.209 e. The number of phenolic OH excluding ortho intramolecular Hbond substituents is 1. The molecule has 3 nitrogen and oxygen atoms in total. The third-order valence-corrected chi connectivity index (χ3v) is 3.86. The zero-order valence-corrected chi connectivity index (χ0v) is 12.6. The lowest BCUT2D eigenvalue weighted by molar-refractivity contribution is 0.475. The predicted molar refractivity (Wildman–Crippen MR) is 87.6 cm³/mol. The standard InChI is InChI=1S/C17H13FN2OS/c1-11-2-7-15(18)14(8-11)16-10-22-17(20-16)19-9-12-3-5-13(21)6-4-12/h2-10,21H,1H3. The van der Waals surface area contributed by atoms with Crippen LogP contribution in [0.4, 0.5) is 9.52 Å². The van der Waals surface area contributed by atoms with Crippen LogP contribution in [0.2, 0.25) is 0 Å². The molecule has 0 bridgehead atoms. The fraction of sp³-hybridized carbons (Fsp3) is 0.0588. The van der Waals surface area contributed by atoms with Gasteiger partial charge >= 0.3 is 0 Å². The monoisotopic (exact) mass is 312 g/mol. The van der Waals surface area contributed by atoms with Gasteiger partial charge in [0.05, 0.1) is 5.69 Å². The van der Waals surface area contributed by atoms with Crippen LogP contribution >= 0.6 is 11.3 Å². The van der Waals surface area contributed by atoms with Crippen LogP contribution in [-0.2, 0) is 0 Å². The highest BCUT2D eigenvalue weighted by Crippen LogP contribution is 2.29. The van der Waals surface area contributed by atoms with Crippen molar-refractivity contribution in [3.63, 3.8) is 0 Å². The first-order valence-corrected chi connectivity index (χ1v) is 7.55. The van der Waals surface area contributed by atoms with E-state index < -0.39 is 0 Å². The van der Waals surface area contributed by atoms with Crippen molar-refractivity contribution < 1.29 is 9.50 Å². The van der Waals surface area contributed by atoms with Gasteiger partial charge in [0.25, 0.3) is 0 Å². The van der Waals surface area contributed by atoms with Gasteiger partial charge in [-0.2, -0.15) is 0 Å². The summed E-state index contributed by atoms with van der Waals surface area (Å²) in [5, 5.41) is 11.6. The molecule has 1 heterocycles. The van der Waals surface area contributed by atoms with Crippen LogP contribution in [0, 0.1) is 12.7 Å². The van der Waals surface area contributed by atoms with Crippen LogP contribution in [0.3, 0.4) is 0 Å². The van der Waals surface area contributed by atoms with Crippen LogP contribution in [0.15, 0.2) is 52.8 Å². The number of aromatic nitrogens is 1. The van der Waals surface area contributed by atoms with Crippen LogP contribution in [-0.4, -0.2) is 16.3 Å². The summed E-state index contributed by atoms with van der Waals surface area (Å²) in [7, 11) is 0. The molecule has 0 amide bonds. The van der Waals surface area contributed by atoms with Crippen molar-refractivity contribution in [3.05, 3.63) is 64.8 Å². The lowest BCUT2D eigenvalue weighted by Crippen LogP contribution is -1.85. The van der Waals surface area contributed by atoms with E-state index in [2.05, 4.69) is 9.98 Å². The molecule has 1 aromatic heterocycles. The number of hydrogen-bond donors (Lipinski definition) is 1. The molecular formula is C17H13FN2OS. The van der Waals surface area contributed by atoms with Crippen LogP contribution in [0.1, 0.15) is 11.1 Å². The Morgan fingerprint density at radius 2 is 1.95 bits per heavy atom. The Labute approximate surface area is 131 Å². The van der Waals surface area contributed by atoms with E-state index in [1.165, 1.54) is 17.4 Å².